The van der Waals surface area contributed by atoms with Crippen molar-refractivity contribution in [1.29, 1.82) is 0 Å². The quantitative estimate of drug-likeness (QED) is 0.757. The number of Topliss-reactive ketones (excluding diaryl/α,β-unsaturated/α-hetero) is 1. The second kappa shape index (κ2) is 6.68. The van der Waals surface area contributed by atoms with Gasteiger partial charge in [-0.3, -0.25) is 9.69 Å². The maximum Gasteiger partial charge on any atom is 0.163 e. The molecule has 4 nitrogen and oxygen atoms in total. The molecular formula is C15H22N2O2. The Morgan fingerprint density at radius 1 is 1.42 bits per heavy atom. The molecule has 1 heterocycles. The predicted octanol–water partition coefficient (Wildman–Crippen LogP) is 1.56. The highest BCUT2D eigenvalue weighted by atomic mass is 16.5. The maximum atomic E-state index is 11.5. The molecule has 0 radical (unpaired) electrons. The van der Waals surface area contributed by atoms with E-state index in [9.17, 15) is 4.79 Å². The van der Waals surface area contributed by atoms with Crippen LogP contribution in [-0.4, -0.2) is 49.5 Å². The molecule has 1 fully saturated rings. The van der Waals surface area contributed by atoms with Crippen LogP contribution in [0.4, 0.5) is 0 Å². The Kier molecular flexibility index (Phi) is 4.93. The molecule has 0 saturated carbocycles. The zero-order valence-electron chi connectivity index (χ0n) is 11.7. The summed E-state index contributed by atoms with van der Waals surface area (Å²) in [6.45, 7) is 8.42. The number of ether oxygens (including phenoxy) is 1. The van der Waals surface area contributed by atoms with E-state index in [-0.39, 0.29) is 5.78 Å². The Hall–Kier alpha value is -1.39. The molecule has 104 valence electrons. The Balaban J connectivity index is 1.86. The minimum Gasteiger partial charge on any atom is -0.491 e. The molecule has 19 heavy (non-hydrogen) atoms. The molecule has 0 atom stereocenters. The van der Waals surface area contributed by atoms with Crippen LogP contribution in [-0.2, 0) is 0 Å². The summed E-state index contributed by atoms with van der Waals surface area (Å²) in [5, 5.41) is 3.28. The van der Waals surface area contributed by atoms with Crippen LogP contribution < -0.4 is 10.1 Å². The van der Waals surface area contributed by atoms with Crippen LogP contribution in [0, 0.1) is 0 Å². The molecule has 0 amide bonds. The van der Waals surface area contributed by atoms with Crippen molar-refractivity contribution in [2.45, 2.75) is 19.9 Å². The molecule has 1 aromatic carbocycles. The van der Waals surface area contributed by atoms with E-state index in [4.69, 9.17) is 4.74 Å². The lowest BCUT2D eigenvalue weighted by molar-refractivity contribution is 0.100. The maximum absolute atomic E-state index is 11.5. The van der Waals surface area contributed by atoms with Gasteiger partial charge in [0.25, 0.3) is 0 Å². The fourth-order valence-electron chi connectivity index (χ4n) is 2.29. The monoisotopic (exact) mass is 262 g/mol. The summed E-state index contributed by atoms with van der Waals surface area (Å²) >= 11 is 0. The van der Waals surface area contributed by atoms with E-state index < -0.39 is 0 Å². The van der Waals surface area contributed by atoms with Crippen molar-refractivity contribution in [3.63, 3.8) is 0 Å². The Morgan fingerprint density at radius 3 is 2.74 bits per heavy atom. The van der Waals surface area contributed by atoms with E-state index in [1.54, 1.807) is 6.92 Å². The van der Waals surface area contributed by atoms with E-state index in [0.717, 1.165) is 26.2 Å². The van der Waals surface area contributed by atoms with Gasteiger partial charge in [-0.1, -0.05) is 19.1 Å². The Morgan fingerprint density at radius 2 is 2.16 bits per heavy atom. The van der Waals surface area contributed by atoms with Crippen LogP contribution in [0.1, 0.15) is 24.2 Å². The first-order valence-electron chi connectivity index (χ1n) is 6.90. The number of hydrogen-bond acceptors (Lipinski definition) is 4. The highest BCUT2D eigenvalue weighted by molar-refractivity contribution is 5.96. The molecular weight excluding hydrogens is 240 g/mol. The van der Waals surface area contributed by atoms with Crippen LogP contribution in [0.3, 0.4) is 0 Å². The fourth-order valence-corrected chi connectivity index (χ4v) is 2.29. The zero-order valence-corrected chi connectivity index (χ0v) is 11.7. The molecule has 1 aromatic rings. The summed E-state index contributed by atoms with van der Waals surface area (Å²) < 4.78 is 5.77. The normalized spacial score (nSPS) is 15.3. The molecule has 1 N–H and O–H groups in total. The van der Waals surface area contributed by atoms with Gasteiger partial charge in [-0.25, -0.2) is 0 Å². The standard InChI is InChI=1S/C15H22N2O2/c1-3-17(13-10-16-11-13)8-9-19-15-7-5-4-6-14(15)12(2)18/h4-7,13,16H,3,8-11H2,1-2H3. The average Bonchev–Trinajstić information content (AvgIpc) is 2.35. The first kappa shape index (κ1) is 14.0. The lowest BCUT2D eigenvalue weighted by Crippen LogP contribution is -2.57. The summed E-state index contributed by atoms with van der Waals surface area (Å²) in [4.78, 5) is 13.9. The molecule has 0 aliphatic carbocycles. The molecule has 2 rings (SSSR count). The molecule has 1 aliphatic rings. The van der Waals surface area contributed by atoms with Gasteiger partial charge in [0.15, 0.2) is 5.78 Å². The number of nitrogens with one attached hydrogen (secondary N) is 1. The van der Waals surface area contributed by atoms with Crippen molar-refractivity contribution >= 4 is 5.78 Å². The lowest BCUT2D eigenvalue weighted by atomic mass is 10.1. The number of ketones is 1. The van der Waals surface area contributed by atoms with Crippen molar-refractivity contribution in [2.24, 2.45) is 0 Å². The third-order valence-electron chi connectivity index (χ3n) is 3.58. The fraction of sp³-hybridized carbons (Fsp3) is 0.533. The summed E-state index contributed by atoms with van der Waals surface area (Å²) in [6.07, 6.45) is 0. The van der Waals surface area contributed by atoms with Crippen LogP contribution in [0.5, 0.6) is 5.75 Å². The summed E-state index contributed by atoms with van der Waals surface area (Å²) in [5.41, 5.74) is 0.663. The summed E-state index contributed by atoms with van der Waals surface area (Å²) in [5.74, 6) is 0.740. The van der Waals surface area contributed by atoms with Gasteiger partial charge in [-0.15, -0.1) is 0 Å². The van der Waals surface area contributed by atoms with E-state index in [0.29, 0.717) is 24.0 Å². The molecule has 0 aromatic heterocycles. The molecule has 1 aliphatic heterocycles. The predicted molar refractivity (Wildman–Crippen MR) is 75.8 cm³/mol. The number of para-hydroxylation sites is 1. The molecule has 0 bridgehead atoms. The highest BCUT2D eigenvalue weighted by Gasteiger charge is 2.22. The van der Waals surface area contributed by atoms with Gasteiger partial charge < -0.3 is 10.1 Å². The van der Waals surface area contributed by atoms with E-state index in [1.807, 2.05) is 24.3 Å². The van der Waals surface area contributed by atoms with Crippen LogP contribution in [0.25, 0.3) is 0 Å². The number of carbonyl (C=O) groups excluding carboxylic acids is 1. The SMILES string of the molecule is CCN(CCOc1ccccc1C(C)=O)C1CNC1. The van der Waals surface area contributed by atoms with E-state index in [1.165, 1.54) is 0 Å². The highest BCUT2D eigenvalue weighted by Crippen LogP contribution is 2.18. The Bertz CT molecular complexity index is 430. The van der Waals surface area contributed by atoms with Gasteiger partial charge in [0.1, 0.15) is 12.4 Å². The summed E-state index contributed by atoms with van der Waals surface area (Å²) in [6, 6.07) is 8.07. The molecule has 4 heteroatoms. The van der Waals surface area contributed by atoms with Gasteiger partial charge in [0.05, 0.1) is 5.56 Å². The van der Waals surface area contributed by atoms with Crippen molar-refractivity contribution in [3.8, 4) is 5.75 Å². The first-order chi connectivity index (χ1) is 9.22. The van der Waals surface area contributed by atoms with Gasteiger partial charge in [0.2, 0.25) is 0 Å². The number of hydrogen-bond donors (Lipinski definition) is 1. The van der Waals surface area contributed by atoms with Crippen molar-refractivity contribution in [3.05, 3.63) is 29.8 Å². The number of carbonyl (C=O) groups is 1. The third kappa shape index (κ3) is 3.55. The summed E-state index contributed by atoms with van der Waals surface area (Å²) in [7, 11) is 0. The third-order valence-corrected chi connectivity index (χ3v) is 3.58. The number of likely N-dealkylation sites (N-methyl/N-ethyl adjacent to an activating group) is 1. The smallest absolute Gasteiger partial charge is 0.163 e. The van der Waals surface area contributed by atoms with E-state index >= 15 is 0 Å². The van der Waals surface area contributed by atoms with Gasteiger partial charge in [-0.2, -0.15) is 0 Å². The number of nitrogens with zero attached hydrogens (tertiary/aromatic N) is 1. The van der Waals surface area contributed by atoms with Gasteiger partial charge in [0, 0.05) is 25.7 Å². The minimum atomic E-state index is 0.0474. The first-order valence-corrected chi connectivity index (χ1v) is 6.90. The molecule has 0 unspecified atom stereocenters. The Labute approximate surface area is 114 Å². The van der Waals surface area contributed by atoms with Crippen LogP contribution in [0.15, 0.2) is 24.3 Å². The van der Waals surface area contributed by atoms with Gasteiger partial charge in [-0.05, 0) is 25.6 Å². The van der Waals surface area contributed by atoms with Crippen molar-refractivity contribution < 1.29 is 9.53 Å². The number of rotatable bonds is 7. The average molecular weight is 262 g/mol. The van der Waals surface area contributed by atoms with E-state index in [2.05, 4.69) is 17.1 Å². The molecule has 0 spiro atoms. The molecule has 1 saturated heterocycles. The second-order valence-electron chi connectivity index (χ2n) is 4.84. The van der Waals surface area contributed by atoms with Crippen molar-refractivity contribution in [2.75, 3.05) is 32.8 Å². The van der Waals surface area contributed by atoms with Crippen LogP contribution >= 0.6 is 0 Å². The lowest BCUT2D eigenvalue weighted by Gasteiger charge is -2.37. The minimum absolute atomic E-state index is 0.0474. The zero-order chi connectivity index (χ0) is 13.7. The van der Waals surface area contributed by atoms with Gasteiger partial charge >= 0.3 is 0 Å². The van der Waals surface area contributed by atoms with Crippen molar-refractivity contribution in [1.82, 2.24) is 10.2 Å². The van der Waals surface area contributed by atoms with Crippen LogP contribution in [0.2, 0.25) is 0 Å². The largest absolute Gasteiger partial charge is 0.491 e. The second-order valence-corrected chi connectivity index (χ2v) is 4.84. The topological polar surface area (TPSA) is 41.6 Å². The number of benzene rings is 1.